The Kier molecular flexibility index (Phi) is 4.35. The highest BCUT2D eigenvalue weighted by Crippen LogP contribution is 2.47. The molecule has 0 N–H and O–H groups in total. The lowest BCUT2D eigenvalue weighted by atomic mass is 9.86. The second-order valence-electron chi connectivity index (χ2n) is 8.10. The van der Waals surface area contributed by atoms with E-state index in [0.717, 1.165) is 22.9 Å². The summed E-state index contributed by atoms with van der Waals surface area (Å²) < 4.78 is 6.50. The Bertz CT molecular complexity index is 870. The van der Waals surface area contributed by atoms with E-state index in [1.54, 1.807) is 0 Å². The first-order valence-electron chi connectivity index (χ1n) is 10.1. The van der Waals surface area contributed by atoms with Gasteiger partial charge in [0.25, 0.3) is 0 Å². The van der Waals surface area contributed by atoms with Crippen molar-refractivity contribution in [3.8, 4) is 5.75 Å². The number of benzene rings is 2. The molecule has 4 heteroatoms. The number of rotatable bonds is 2. The SMILES string of the molecule is Cc1ccc(C2=NN3[C@H](C2)c2cc(Cl)ccc2O[C@H]3C2CCCCC2)cc1. The maximum absolute atomic E-state index is 6.50. The van der Waals surface area contributed by atoms with Crippen molar-refractivity contribution in [3.63, 3.8) is 0 Å². The third-order valence-corrected chi connectivity index (χ3v) is 6.45. The van der Waals surface area contributed by atoms with Crippen molar-refractivity contribution in [2.24, 2.45) is 11.0 Å². The van der Waals surface area contributed by atoms with Crippen LogP contribution in [-0.2, 0) is 0 Å². The molecule has 3 aliphatic rings. The predicted octanol–water partition coefficient (Wildman–Crippen LogP) is 6.10. The van der Waals surface area contributed by atoms with Gasteiger partial charge < -0.3 is 4.74 Å². The Balaban J connectivity index is 1.53. The molecule has 27 heavy (non-hydrogen) atoms. The van der Waals surface area contributed by atoms with Crippen molar-refractivity contribution >= 4 is 17.3 Å². The van der Waals surface area contributed by atoms with Gasteiger partial charge in [-0.15, -0.1) is 0 Å². The average molecular weight is 381 g/mol. The summed E-state index contributed by atoms with van der Waals surface area (Å²) in [7, 11) is 0. The molecule has 2 heterocycles. The van der Waals surface area contributed by atoms with E-state index in [-0.39, 0.29) is 12.3 Å². The molecular formula is C23H25ClN2O. The van der Waals surface area contributed by atoms with Gasteiger partial charge in [-0.25, -0.2) is 5.01 Å². The molecule has 2 aromatic rings. The van der Waals surface area contributed by atoms with Crippen molar-refractivity contribution in [1.29, 1.82) is 0 Å². The van der Waals surface area contributed by atoms with Crippen molar-refractivity contribution in [2.45, 2.75) is 57.7 Å². The van der Waals surface area contributed by atoms with E-state index >= 15 is 0 Å². The van der Waals surface area contributed by atoms with Crippen LogP contribution in [0.15, 0.2) is 47.6 Å². The first-order chi connectivity index (χ1) is 13.2. The van der Waals surface area contributed by atoms with Crippen molar-refractivity contribution < 1.29 is 4.74 Å². The van der Waals surface area contributed by atoms with Gasteiger partial charge in [0.15, 0.2) is 6.23 Å². The van der Waals surface area contributed by atoms with Crippen LogP contribution < -0.4 is 4.74 Å². The molecule has 5 rings (SSSR count). The quantitative estimate of drug-likeness (QED) is 0.628. The molecule has 0 saturated heterocycles. The lowest BCUT2D eigenvalue weighted by molar-refractivity contribution is -0.0643. The summed E-state index contributed by atoms with van der Waals surface area (Å²) in [5.41, 5.74) is 4.80. The van der Waals surface area contributed by atoms with Gasteiger partial charge in [-0.05, 0) is 43.5 Å². The fourth-order valence-electron chi connectivity index (χ4n) is 4.74. The monoisotopic (exact) mass is 380 g/mol. The molecule has 140 valence electrons. The fourth-order valence-corrected chi connectivity index (χ4v) is 4.92. The van der Waals surface area contributed by atoms with Crippen molar-refractivity contribution in [1.82, 2.24) is 5.01 Å². The molecule has 1 aliphatic carbocycles. The number of aryl methyl sites for hydroxylation is 1. The summed E-state index contributed by atoms with van der Waals surface area (Å²) in [6.45, 7) is 2.12. The van der Waals surface area contributed by atoms with Crippen LogP contribution in [0.2, 0.25) is 5.02 Å². The summed E-state index contributed by atoms with van der Waals surface area (Å²) in [6, 6.07) is 14.9. The van der Waals surface area contributed by atoms with Crippen LogP contribution in [0.5, 0.6) is 5.75 Å². The van der Waals surface area contributed by atoms with Gasteiger partial charge in [-0.1, -0.05) is 60.7 Å². The lowest BCUT2D eigenvalue weighted by Crippen LogP contribution is -2.45. The fraction of sp³-hybridized carbons (Fsp3) is 0.435. The van der Waals surface area contributed by atoms with E-state index < -0.39 is 0 Å². The minimum Gasteiger partial charge on any atom is -0.468 e. The third-order valence-electron chi connectivity index (χ3n) is 6.22. The highest BCUT2D eigenvalue weighted by molar-refractivity contribution is 6.30. The summed E-state index contributed by atoms with van der Waals surface area (Å²) in [4.78, 5) is 0. The second-order valence-corrected chi connectivity index (χ2v) is 8.54. The zero-order valence-corrected chi connectivity index (χ0v) is 16.5. The maximum Gasteiger partial charge on any atom is 0.190 e. The third kappa shape index (κ3) is 3.12. The second kappa shape index (κ2) is 6.87. The Morgan fingerprint density at radius 2 is 1.81 bits per heavy atom. The minimum absolute atomic E-state index is 0.0342. The van der Waals surface area contributed by atoms with Crippen molar-refractivity contribution in [2.75, 3.05) is 0 Å². The normalized spacial score (nSPS) is 24.8. The van der Waals surface area contributed by atoms with E-state index in [0.29, 0.717) is 5.92 Å². The van der Waals surface area contributed by atoms with E-state index in [4.69, 9.17) is 21.4 Å². The van der Waals surface area contributed by atoms with E-state index in [2.05, 4.69) is 42.3 Å². The molecule has 3 nitrogen and oxygen atoms in total. The Morgan fingerprint density at radius 3 is 2.59 bits per heavy atom. The van der Waals surface area contributed by atoms with Crippen LogP contribution in [0.25, 0.3) is 0 Å². The van der Waals surface area contributed by atoms with Crippen LogP contribution in [0.1, 0.15) is 61.3 Å². The highest BCUT2D eigenvalue weighted by atomic mass is 35.5. The largest absolute Gasteiger partial charge is 0.468 e. The number of hydrogen-bond donors (Lipinski definition) is 0. The number of halogens is 1. The van der Waals surface area contributed by atoms with Gasteiger partial charge in [0.05, 0.1) is 11.8 Å². The first kappa shape index (κ1) is 17.1. The van der Waals surface area contributed by atoms with Gasteiger partial charge >= 0.3 is 0 Å². The van der Waals surface area contributed by atoms with Crippen LogP contribution in [0, 0.1) is 12.8 Å². The standard InChI is InChI=1S/C23H25ClN2O/c1-15-7-9-16(10-8-15)20-14-21-19-13-18(24)11-12-22(19)27-23(26(21)25-20)17-5-3-2-4-6-17/h7-13,17,21,23H,2-6,14H2,1H3/t21-,23+/m1/s1. The Hall–Kier alpha value is -2.00. The number of hydrazone groups is 1. The Labute approximate surface area is 166 Å². The van der Waals surface area contributed by atoms with Gasteiger partial charge in [-0.3, -0.25) is 0 Å². The zero-order valence-electron chi connectivity index (χ0n) is 15.7. The Morgan fingerprint density at radius 1 is 1.04 bits per heavy atom. The number of fused-ring (bicyclic) bond motifs is 3. The smallest absolute Gasteiger partial charge is 0.190 e. The van der Waals surface area contributed by atoms with Gasteiger partial charge in [0.1, 0.15) is 5.75 Å². The van der Waals surface area contributed by atoms with Crippen LogP contribution >= 0.6 is 11.6 Å². The van der Waals surface area contributed by atoms with Crippen LogP contribution in [0.4, 0.5) is 0 Å². The molecule has 0 amide bonds. The molecule has 1 fully saturated rings. The van der Waals surface area contributed by atoms with Crippen LogP contribution in [-0.4, -0.2) is 16.9 Å². The molecule has 0 bridgehead atoms. The molecule has 0 spiro atoms. The molecule has 1 saturated carbocycles. The lowest BCUT2D eigenvalue weighted by Gasteiger charge is -2.42. The molecule has 0 aromatic heterocycles. The zero-order chi connectivity index (χ0) is 18.4. The summed E-state index contributed by atoms with van der Waals surface area (Å²) in [6.07, 6.45) is 7.33. The minimum atomic E-state index is 0.0342. The molecule has 0 unspecified atom stereocenters. The van der Waals surface area contributed by atoms with E-state index in [1.165, 1.54) is 48.8 Å². The molecule has 2 aromatic carbocycles. The maximum atomic E-state index is 6.50. The summed E-state index contributed by atoms with van der Waals surface area (Å²) >= 11 is 6.31. The average Bonchev–Trinajstić information content (AvgIpc) is 3.14. The van der Waals surface area contributed by atoms with Gasteiger partial charge in [-0.2, -0.15) is 5.10 Å². The topological polar surface area (TPSA) is 24.8 Å². The number of nitrogens with zero attached hydrogens (tertiary/aromatic N) is 2. The first-order valence-corrected chi connectivity index (χ1v) is 10.5. The van der Waals surface area contributed by atoms with E-state index in [1.807, 2.05) is 12.1 Å². The van der Waals surface area contributed by atoms with Gasteiger partial charge in [0, 0.05) is 22.9 Å². The molecule has 0 radical (unpaired) electrons. The van der Waals surface area contributed by atoms with Crippen LogP contribution in [0.3, 0.4) is 0 Å². The predicted molar refractivity (Wildman–Crippen MR) is 109 cm³/mol. The summed E-state index contributed by atoms with van der Waals surface area (Å²) in [5, 5.41) is 8.08. The highest BCUT2D eigenvalue weighted by Gasteiger charge is 2.43. The van der Waals surface area contributed by atoms with E-state index in [9.17, 15) is 0 Å². The van der Waals surface area contributed by atoms with Crippen molar-refractivity contribution in [3.05, 3.63) is 64.2 Å². The number of ether oxygens (including phenoxy) is 1. The van der Waals surface area contributed by atoms with Gasteiger partial charge in [0.2, 0.25) is 0 Å². The molecule has 2 aliphatic heterocycles. The number of hydrogen-bond acceptors (Lipinski definition) is 3. The summed E-state index contributed by atoms with van der Waals surface area (Å²) in [5.74, 6) is 1.53. The molecule has 2 atom stereocenters. The molecular weight excluding hydrogens is 356 g/mol.